The fourth-order valence-corrected chi connectivity index (χ4v) is 1.96. The maximum atomic E-state index is 10.8. The van der Waals surface area contributed by atoms with Crippen LogP contribution >= 0.6 is 0 Å². The van der Waals surface area contributed by atoms with Gasteiger partial charge in [0, 0.05) is 12.2 Å². The van der Waals surface area contributed by atoms with E-state index in [0.717, 1.165) is 25.2 Å². The lowest BCUT2D eigenvalue weighted by Gasteiger charge is -2.22. The lowest BCUT2D eigenvalue weighted by Crippen LogP contribution is -2.28. The van der Waals surface area contributed by atoms with Crippen LogP contribution in [0, 0.1) is 0 Å². The first-order valence-corrected chi connectivity index (χ1v) is 5.49. The summed E-state index contributed by atoms with van der Waals surface area (Å²) in [6.07, 6.45) is 0.949. The molecule has 3 N–H and O–H groups in total. The summed E-state index contributed by atoms with van der Waals surface area (Å²) in [4.78, 5) is 10.8. The summed E-state index contributed by atoms with van der Waals surface area (Å²) >= 11 is 0. The summed E-state index contributed by atoms with van der Waals surface area (Å²) < 4.78 is 0. The molecule has 0 aromatic heterocycles. The largest absolute Gasteiger partial charge is 0.480 e. The van der Waals surface area contributed by atoms with Gasteiger partial charge < -0.3 is 15.7 Å². The molecule has 0 spiro atoms. The second-order valence-electron chi connectivity index (χ2n) is 4.07. The van der Waals surface area contributed by atoms with Crippen molar-refractivity contribution in [3.63, 3.8) is 0 Å². The van der Waals surface area contributed by atoms with Gasteiger partial charge in [-0.1, -0.05) is 12.1 Å². The molecule has 16 heavy (non-hydrogen) atoms. The lowest BCUT2D eigenvalue weighted by molar-refractivity contribution is -0.137. The third-order valence-electron chi connectivity index (χ3n) is 2.88. The first kappa shape index (κ1) is 11.0. The van der Waals surface area contributed by atoms with Crippen molar-refractivity contribution in [1.82, 2.24) is 5.32 Å². The molecule has 2 rings (SSSR count). The molecule has 4 heteroatoms. The van der Waals surface area contributed by atoms with Gasteiger partial charge in [0.15, 0.2) is 0 Å². The molecule has 4 nitrogen and oxygen atoms in total. The van der Waals surface area contributed by atoms with Crippen molar-refractivity contribution in [2.24, 2.45) is 0 Å². The Morgan fingerprint density at radius 3 is 3.12 bits per heavy atom. The van der Waals surface area contributed by atoms with Gasteiger partial charge in [0.25, 0.3) is 0 Å². The monoisotopic (exact) mass is 220 g/mol. The topological polar surface area (TPSA) is 61.4 Å². The molecule has 1 aromatic carbocycles. The standard InChI is InChI=1S/C12H16N2O2/c1-8(12(15)16)14-11-4-2-3-9-7-13-6-5-10(9)11/h2-4,8,13-14H,5-7H2,1H3,(H,15,16)/t8-/m0/s1. The maximum Gasteiger partial charge on any atom is 0.325 e. The van der Waals surface area contributed by atoms with Gasteiger partial charge in [0.1, 0.15) is 6.04 Å². The Labute approximate surface area is 94.7 Å². The fourth-order valence-electron chi connectivity index (χ4n) is 1.96. The lowest BCUT2D eigenvalue weighted by atomic mass is 9.99. The number of rotatable bonds is 3. The molecular formula is C12H16N2O2. The van der Waals surface area contributed by atoms with E-state index < -0.39 is 12.0 Å². The maximum absolute atomic E-state index is 10.8. The van der Waals surface area contributed by atoms with Crippen LogP contribution in [0.25, 0.3) is 0 Å². The van der Waals surface area contributed by atoms with E-state index in [1.54, 1.807) is 6.92 Å². The Morgan fingerprint density at radius 2 is 2.38 bits per heavy atom. The van der Waals surface area contributed by atoms with Crippen LogP contribution in [0.2, 0.25) is 0 Å². The molecule has 0 amide bonds. The van der Waals surface area contributed by atoms with E-state index in [4.69, 9.17) is 5.11 Å². The van der Waals surface area contributed by atoms with Crippen molar-refractivity contribution >= 4 is 11.7 Å². The highest BCUT2D eigenvalue weighted by molar-refractivity contribution is 5.77. The van der Waals surface area contributed by atoms with Gasteiger partial charge >= 0.3 is 5.97 Å². The molecule has 1 heterocycles. The minimum Gasteiger partial charge on any atom is -0.480 e. The van der Waals surface area contributed by atoms with E-state index in [1.165, 1.54) is 11.1 Å². The zero-order valence-corrected chi connectivity index (χ0v) is 9.29. The molecule has 1 aliphatic heterocycles. The quantitative estimate of drug-likeness (QED) is 0.716. The van der Waals surface area contributed by atoms with Crippen LogP contribution in [0.5, 0.6) is 0 Å². The first-order valence-electron chi connectivity index (χ1n) is 5.49. The molecule has 0 radical (unpaired) electrons. The van der Waals surface area contributed by atoms with Crippen molar-refractivity contribution < 1.29 is 9.90 Å². The second-order valence-corrected chi connectivity index (χ2v) is 4.07. The Hall–Kier alpha value is -1.55. The highest BCUT2D eigenvalue weighted by Gasteiger charge is 2.16. The Morgan fingerprint density at radius 1 is 1.56 bits per heavy atom. The second kappa shape index (κ2) is 4.53. The number of aliphatic carboxylic acids is 1. The molecule has 0 fully saturated rings. The first-order chi connectivity index (χ1) is 7.68. The molecule has 1 atom stereocenters. The number of benzene rings is 1. The third kappa shape index (κ3) is 2.17. The smallest absolute Gasteiger partial charge is 0.325 e. The van der Waals surface area contributed by atoms with Crippen molar-refractivity contribution in [3.8, 4) is 0 Å². The normalized spacial score (nSPS) is 16.3. The molecule has 0 unspecified atom stereocenters. The summed E-state index contributed by atoms with van der Waals surface area (Å²) in [6.45, 7) is 3.47. The summed E-state index contributed by atoms with van der Waals surface area (Å²) in [5.74, 6) is -0.827. The van der Waals surface area contributed by atoms with Crippen LogP contribution in [0.4, 0.5) is 5.69 Å². The van der Waals surface area contributed by atoms with Gasteiger partial charge in [0.05, 0.1) is 0 Å². The minimum absolute atomic E-state index is 0.554. The molecule has 0 aliphatic carbocycles. The number of carboxylic acids is 1. The third-order valence-corrected chi connectivity index (χ3v) is 2.88. The molecule has 1 aromatic rings. The highest BCUT2D eigenvalue weighted by Crippen LogP contribution is 2.23. The van der Waals surface area contributed by atoms with E-state index in [9.17, 15) is 4.79 Å². The summed E-state index contributed by atoms with van der Waals surface area (Å²) in [5, 5.41) is 15.2. The van der Waals surface area contributed by atoms with E-state index in [2.05, 4.69) is 16.7 Å². The minimum atomic E-state index is -0.827. The van der Waals surface area contributed by atoms with Crippen LogP contribution in [-0.2, 0) is 17.8 Å². The average Bonchev–Trinajstić information content (AvgIpc) is 2.29. The Bertz CT molecular complexity index is 404. The van der Waals surface area contributed by atoms with Crippen LogP contribution in [0.15, 0.2) is 18.2 Å². The van der Waals surface area contributed by atoms with Gasteiger partial charge in [-0.2, -0.15) is 0 Å². The Kier molecular flexibility index (Phi) is 3.10. The molecule has 0 bridgehead atoms. The fraction of sp³-hybridized carbons (Fsp3) is 0.417. The average molecular weight is 220 g/mol. The van der Waals surface area contributed by atoms with Gasteiger partial charge in [-0.3, -0.25) is 4.79 Å². The zero-order valence-electron chi connectivity index (χ0n) is 9.29. The van der Waals surface area contributed by atoms with Crippen LogP contribution < -0.4 is 10.6 Å². The molecule has 0 saturated heterocycles. The number of carboxylic acid groups (broad SMARTS) is 1. The van der Waals surface area contributed by atoms with Gasteiger partial charge in [0.2, 0.25) is 0 Å². The van der Waals surface area contributed by atoms with Gasteiger partial charge in [-0.05, 0) is 37.1 Å². The van der Waals surface area contributed by atoms with Crippen molar-refractivity contribution in [3.05, 3.63) is 29.3 Å². The number of anilines is 1. The predicted molar refractivity (Wildman–Crippen MR) is 62.6 cm³/mol. The molecule has 1 aliphatic rings. The number of carbonyl (C=O) groups is 1. The number of hydrogen-bond donors (Lipinski definition) is 3. The van der Waals surface area contributed by atoms with Crippen molar-refractivity contribution in [2.45, 2.75) is 25.9 Å². The zero-order chi connectivity index (χ0) is 11.5. The predicted octanol–water partition coefficient (Wildman–Crippen LogP) is 1.22. The highest BCUT2D eigenvalue weighted by atomic mass is 16.4. The summed E-state index contributed by atoms with van der Waals surface area (Å²) in [5.41, 5.74) is 3.46. The molecule has 86 valence electrons. The van der Waals surface area contributed by atoms with E-state index in [-0.39, 0.29) is 0 Å². The molecular weight excluding hydrogens is 204 g/mol. The van der Waals surface area contributed by atoms with Crippen molar-refractivity contribution in [1.29, 1.82) is 0 Å². The van der Waals surface area contributed by atoms with E-state index >= 15 is 0 Å². The number of fused-ring (bicyclic) bond motifs is 1. The van der Waals surface area contributed by atoms with Gasteiger partial charge in [-0.15, -0.1) is 0 Å². The molecule has 0 saturated carbocycles. The number of hydrogen-bond acceptors (Lipinski definition) is 3. The van der Waals surface area contributed by atoms with Crippen LogP contribution in [-0.4, -0.2) is 23.7 Å². The SMILES string of the molecule is C[C@H](Nc1cccc2c1CCNC2)C(=O)O. The van der Waals surface area contributed by atoms with Crippen molar-refractivity contribution in [2.75, 3.05) is 11.9 Å². The van der Waals surface area contributed by atoms with Gasteiger partial charge in [-0.25, -0.2) is 0 Å². The number of nitrogens with one attached hydrogen (secondary N) is 2. The van der Waals surface area contributed by atoms with Crippen LogP contribution in [0.1, 0.15) is 18.1 Å². The summed E-state index contributed by atoms with van der Waals surface area (Å²) in [6, 6.07) is 5.44. The Balaban J connectivity index is 2.24. The summed E-state index contributed by atoms with van der Waals surface area (Å²) in [7, 11) is 0. The van der Waals surface area contributed by atoms with E-state index in [1.807, 2.05) is 12.1 Å². The van der Waals surface area contributed by atoms with E-state index in [0.29, 0.717) is 0 Å². The van der Waals surface area contributed by atoms with Crippen LogP contribution in [0.3, 0.4) is 0 Å².